The molecule has 0 aromatic carbocycles. The largest absolute Gasteiger partial charge is 0.350 e. The molecule has 0 aliphatic heterocycles. The number of nitrogens with one attached hydrogen (secondary N) is 1. The van der Waals surface area contributed by atoms with E-state index in [1.807, 2.05) is 26.0 Å². The molecule has 0 spiro atoms. The summed E-state index contributed by atoms with van der Waals surface area (Å²) < 4.78 is 0. The molecular formula is C18H27N5O3. The van der Waals surface area contributed by atoms with Crippen molar-refractivity contribution in [2.45, 2.75) is 39.7 Å². The lowest BCUT2D eigenvalue weighted by Gasteiger charge is -2.30. The van der Waals surface area contributed by atoms with Gasteiger partial charge in [-0.3, -0.25) is 14.4 Å². The maximum Gasteiger partial charge on any atom is 0.249 e. The Morgan fingerprint density at radius 3 is 2.12 bits per heavy atom. The van der Waals surface area contributed by atoms with Gasteiger partial charge in [-0.05, 0) is 12.8 Å². The third kappa shape index (κ3) is 7.80. The van der Waals surface area contributed by atoms with Gasteiger partial charge in [0, 0.05) is 25.7 Å². The van der Waals surface area contributed by atoms with Crippen LogP contribution in [0.3, 0.4) is 0 Å². The first kappa shape index (κ1) is 23.1. The number of hydrogen-bond donors (Lipinski definition) is 1. The fourth-order valence-electron chi connectivity index (χ4n) is 2.43. The molecule has 0 bridgehead atoms. The maximum absolute atomic E-state index is 12.7. The number of carbonyl (C=O) groups excluding carboxylic acids is 3. The molecule has 26 heavy (non-hydrogen) atoms. The Hall–Kier alpha value is -2.87. The topological polar surface area (TPSA) is 117 Å². The summed E-state index contributed by atoms with van der Waals surface area (Å²) in [6.07, 6.45) is 2.56. The van der Waals surface area contributed by atoms with Crippen LogP contribution in [0.1, 0.15) is 33.6 Å². The molecule has 142 valence electrons. The Morgan fingerprint density at radius 2 is 1.69 bits per heavy atom. The van der Waals surface area contributed by atoms with Gasteiger partial charge in [-0.15, -0.1) is 0 Å². The van der Waals surface area contributed by atoms with Gasteiger partial charge in [0.15, 0.2) is 0 Å². The molecule has 0 rings (SSSR count). The highest BCUT2D eigenvalue weighted by atomic mass is 16.2. The fourth-order valence-corrected chi connectivity index (χ4v) is 2.43. The predicted octanol–water partition coefficient (Wildman–Crippen LogP) is 0.818. The predicted molar refractivity (Wildman–Crippen MR) is 96.3 cm³/mol. The van der Waals surface area contributed by atoms with Crippen LogP contribution in [0.2, 0.25) is 0 Å². The Bertz CT molecular complexity index is 583. The van der Waals surface area contributed by atoms with Crippen LogP contribution < -0.4 is 5.32 Å². The monoisotopic (exact) mass is 361 g/mol. The molecule has 0 heterocycles. The van der Waals surface area contributed by atoms with Gasteiger partial charge >= 0.3 is 0 Å². The lowest BCUT2D eigenvalue weighted by Crippen LogP contribution is -2.44. The van der Waals surface area contributed by atoms with Gasteiger partial charge in [0.1, 0.15) is 0 Å². The van der Waals surface area contributed by atoms with Crippen molar-refractivity contribution < 1.29 is 14.4 Å². The van der Waals surface area contributed by atoms with Crippen LogP contribution in [-0.2, 0) is 14.4 Å². The second-order valence-corrected chi connectivity index (χ2v) is 6.20. The first-order valence-corrected chi connectivity index (χ1v) is 8.44. The zero-order valence-electron chi connectivity index (χ0n) is 15.9. The number of nitriles is 2. The van der Waals surface area contributed by atoms with Crippen molar-refractivity contribution in [3.8, 4) is 12.1 Å². The van der Waals surface area contributed by atoms with Crippen LogP contribution in [-0.4, -0.2) is 60.7 Å². The molecule has 8 heteroatoms. The number of likely N-dealkylation sites (N-methyl/N-ethyl adjacent to an activating group) is 1. The van der Waals surface area contributed by atoms with Crippen molar-refractivity contribution in [2.24, 2.45) is 5.92 Å². The van der Waals surface area contributed by atoms with E-state index < -0.39 is 0 Å². The standard InChI is InChI=1S/C18H27N5O3/c1-14(2)16(22(4)17(25)12-21-13-24)11-15(3)18(26)23(9-5-7-19)10-6-8-20/h11,13-14,16H,5-6,9-10,12H2,1-4H3,(H,21,24)/b15-11+. The first-order valence-electron chi connectivity index (χ1n) is 8.44. The third-order valence-electron chi connectivity index (χ3n) is 3.89. The van der Waals surface area contributed by atoms with Crippen LogP contribution in [0.4, 0.5) is 0 Å². The summed E-state index contributed by atoms with van der Waals surface area (Å²) in [5, 5.41) is 19.8. The number of hydrogen-bond acceptors (Lipinski definition) is 5. The zero-order valence-corrected chi connectivity index (χ0v) is 15.9. The Kier molecular flexibility index (Phi) is 11.1. The molecule has 8 nitrogen and oxygen atoms in total. The molecule has 0 aliphatic carbocycles. The van der Waals surface area contributed by atoms with E-state index in [1.165, 1.54) is 9.80 Å². The van der Waals surface area contributed by atoms with Crippen molar-refractivity contribution in [2.75, 3.05) is 26.7 Å². The highest BCUT2D eigenvalue weighted by Gasteiger charge is 2.23. The Morgan fingerprint density at radius 1 is 1.15 bits per heavy atom. The average Bonchev–Trinajstić information content (AvgIpc) is 2.62. The first-order chi connectivity index (χ1) is 12.3. The highest BCUT2D eigenvalue weighted by Crippen LogP contribution is 2.15. The van der Waals surface area contributed by atoms with Gasteiger partial charge in [0.2, 0.25) is 18.2 Å². The number of nitrogens with zero attached hydrogens (tertiary/aromatic N) is 4. The normalized spacial score (nSPS) is 11.9. The minimum absolute atomic E-state index is 0.0506. The van der Waals surface area contributed by atoms with E-state index in [-0.39, 0.29) is 56.3 Å². The molecule has 0 radical (unpaired) electrons. The minimum atomic E-state index is -0.325. The molecule has 0 fully saturated rings. The van der Waals surface area contributed by atoms with Crippen molar-refractivity contribution in [1.82, 2.24) is 15.1 Å². The van der Waals surface area contributed by atoms with E-state index in [2.05, 4.69) is 5.32 Å². The van der Waals surface area contributed by atoms with Crippen molar-refractivity contribution in [1.29, 1.82) is 10.5 Å². The van der Waals surface area contributed by atoms with E-state index in [0.29, 0.717) is 12.0 Å². The molecule has 0 aromatic heterocycles. The average molecular weight is 361 g/mol. The molecule has 1 unspecified atom stereocenters. The molecule has 1 atom stereocenters. The quantitative estimate of drug-likeness (QED) is 0.432. The molecule has 0 aliphatic rings. The lowest BCUT2D eigenvalue weighted by atomic mass is 9.99. The summed E-state index contributed by atoms with van der Waals surface area (Å²) in [6, 6.07) is 3.67. The van der Waals surface area contributed by atoms with Gasteiger partial charge in [0.25, 0.3) is 0 Å². The van der Waals surface area contributed by atoms with Crippen LogP contribution in [0, 0.1) is 28.6 Å². The van der Waals surface area contributed by atoms with Gasteiger partial charge in [-0.1, -0.05) is 19.9 Å². The second-order valence-electron chi connectivity index (χ2n) is 6.20. The summed E-state index contributed by atoms with van der Waals surface area (Å²) in [6.45, 7) is 5.92. The lowest BCUT2D eigenvalue weighted by molar-refractivity contribution is -0.132. The van der Waals surface area contributed by atoms with Crippen LogP contribution >= 0.6 is 0 Å². The molecule has 0 saturated carbocycles. The molecule has 0 aromatic rings. The summed E-state index contributed by atoms with van der Waals surface area (Å²) in [7, 11) is 1.62. The summed E-state index contributed by atoms with van der Waals surface area (Å²) >= 11 is 0. The van der Waals surface area contributed by atoms with E-state index >= 15 is 0 Å². The smallest absolute Gasteiger partial charge is 0.249 e. The molecule has 3 amide bonds. The number of amides is 3. The van der Waals surface area contributed by atoms with Gasteiger partial charge in [-0.25, -0.2) is 0 Å². The van der Waals surface area contributed by atoms with Gasteiger partial charge in [-0.2, -0.15) is 10.5 Å². The van der Waals surface area contributed by atoms with Crippen molar-refractivity contribution in [3.05, 3.63) is 11.6 Å². The van der Waals surface area contributed by atoms with E-state index in [0.717, 1.165) is 0 Å². The molecular weight excluding hydrogens is 334 g/mol. The Balaban J connectivity index is 5.34. The van der Waals surface area contributed by atoms with Crippen LogP contribution in [0.15, 0.2) is 11.6 Å². The molecule has 0 saturated heterocycles. The molecule has 1 N–H and O–H groups in total. The Labute approximate surface area is 155 Å². The SMILES string of the molecule is C/C(=C\C(C(C)C)N(C)C(=O)CNC=O)C(=O)N(CCC#N)CCC#N. The summed E-state index contributed by atoms with van der Waals surface area (Å²) in [5.74, 6) is -0.472. The third-order valence-corrected chi connectivity index (χ3v) is 3.89. The van der Waals surface area contributed by atoms with E-state index in [9.17, 15) is 14.4 Å². The zero-order chi connectivity index (χ0) is 20.1. The number of carbonyl (C=O) groups is 3. The second kappa shape index (κ2) is 12.5. The fraction of sp³-hybridized carbons (Fsp3) is 0.611. The van der Waals surface area contributed by atoms with Crippen molar-refractivity contribution >= 4 is 18.2 Å². The summed E-state index contributed by atoms with van der Waals surface area (Å²) in [5.41, 5.74) is 0.447. The van der Waals surface area contributed by atoms with Gasteiger partial charge in [0.05, 0.1) is 37.6 Å². The van der Waals surface area contributed by atoms with E-state index in [4.69, 9.17) is 10.5 Å². The summed E-state index contributed by atoms with van der Waals surface area (Å²) in [4.78, 5) is 38.1. The number of rotatable bonds is 11. The van der Waals surface area contributed by atoms with Crippen LogP contribution in [0.25, 0.3) is 0 Å². The highest BCUT2D eigenvalue weighted by molar-refractivity contribution is 5.93. The van der Waals surface area contributed by atoms with Crippen molar-refractivity contribution in [3.63, 3.8) is 0 Å². The maximum atomic E-state index is 12.7. The van der Waals surface area contributed by atoms with E-state index in [1.54, 1.807) is 20.0 Å². The van der Waals surface area contributed by atoms with Gasteiger partial charge < -0.3 is 15.1 Å². The minimum Gasteiger partial charge on any atom is -0.350 e. The van der Waals surface area contributed by atoms with Crippen LogP contribution in [0.5, 0.6) is 0 Å².